The number of hydrogen-bond donors (Lipinski definition) is 5. The first-order valence-electron chi connectivity index (χ1n) is 9.92. The van der Waals surface area contributed by atoms with Crippen molar-refractivity contribution < 1.29 is 9.90 Å². The lowest BCUT2D eigenvalue weighted by atomic mass is 10.1. The summed E-state index contributed by atoms with van der Waals surface area (Å²) in [6.45, 7) is 6.81. The van der Waals surface area contributed by atoms with E-state index < -0.39 is 5.97 Å². The SMILES string of the molecule is CC(=O)O.Cc1cc(N=Nc2ccc(C)c(N=Nc3cc(C)c(N)cc3N)c2)c(N)cc1N. The summed E-state index contributed by atoms with van der Waals surface area (Å²) in [6.07, 6.45) is 0. The third kappa shape index (κ3) is 7.03. The van der Waals surface area contributed by atoms with Gasteiger partial charge in [0.15, 0.2) is 0 Å². The average molecular weight is 449 g/mol. The number of benzene rings is 3. The van der Waals surface area contributed by atoms with E-state index in [1.165, 1.54) is 0 Å². The molecular weight excluding hydrogens is 420 g/mol. The minimum atomic E-state index is -0.833. The molecule has 3 aromatic carbocycles. The molecule has 3 aromatic rings. The molecular formula is C23H28N8O2. The summed E-state index contributed by atoms with van der Waals surface area (Å²) in [5.41, 5.74) is 31.0. The van der Waals surface area contributed by atoms with E-state index >= 15 is 0 Å². The molecule has 0 aromatic heterocycles. The number of aliphatic carboxylic acids is 1. The molecule has 33 heavy (non-hydrogen) atoms. The van der Waals surface area contributed by atoms with E-state index in [0.717, 1.165) is 23.6 Å². The topological polar surface area (TPSA) is 191 Å². The van der Waals surface area contributed by atoms with Gasteiger partial charge >= 0.3 is 0 Å². The Bertz CT molecular complexity index is 1230. The highest BCUT2D eigenvalue weighted by Gasteiger charge is 2.05. The minimum absolute atomic E-state index is 0.470. The Kier molecular flexibility index (Phi) is 8.05. The van der Waals surface area contributed by atoms with Crippen molar-refractivity contribution in [2.45, 2.75) is 27.7 Å². The van der Waals surface area contributed by atoms with Crippen LogP contribution in [0, 0.1) is 20.8 Å². The lowest BCUT2D eigenvalue weighted by molar-refractivity contribution is -0.134. The average Bonchev–Trinajstić information content (AvgIpc) is 2.72. The highest BCUT2D eigenvalue weighted by Crippen LogP contribution is 2.33. The van der Waals surface area contributed by atoms with Gasteiger partial charge < -0.3 is 28.0 Å². The van der Waals surface area contributed by atoms with Crippen molar-refractivity contribution in [2.75, 3.05) is 22.9 Å². The molecule has 9 N–H and O–H groups in total. The number of carboxylic acid groups (broad SMARTS) is 1. The lowest BCUT2D eigenvalue weighted by Crippen LogP contribution is -1.93. The van der Waals surface area contributed by atoms with Crippen LogP contribution in [0.15, 0.2) is 62.9 Å². The van der Waals surface area contributed by atoms with Crippen molar-refractivity contribution in [3.05, 3.63) is 59.2 Å². The van der Waals surface area contributed by atoms with E-state index in [1.807, 2.05) is 32.9 Å². The number of aryl methyl sites for hydroxylation is 3. The van der Waals surface area contributed by atoms with Crippen molar-refractivity contribution in [1.29, 1.82) is 0 Å². The number of azo groups is 2. The van der Waals surface area contributed by atoms with Gasteiger partial charge in [-0.1, -0.05) is 6.07 Å². The molecule has 10 heteroatoms. The van der Waals surface area contributed by atoms with E-state index in [2.05, 4.69) is 20.5 Å². The first kappa shape index (κ1) is 24.8. The number of anilines is 4. The van der Waals surface area contributed by atoms with Gasteiger partial charge in [0.05, 0.1) is 22.7 Å². The molecule has 0 aliphatic carbocycles. The molecule has 0 spiro atoms. The quantitative estimate of drug-likeness (QED) is 0.245. The second-order valence-corrected chi connectivity index (χ2v) is 7.43. The maximum absolute atomic E-state index is 9.00. The van der Waals surface area contributed by atoms with Crippen molar-refractivity contribution in [3.8, 4) is 0 Å². The van der Waals surface area contributed by atoms with Gasteiger partial charge in [-0.3, -0.25) is 4.79 Å². The predicted molar refractivity (Wildman–Crippen MR) is 133 cm³/mol. The van der Waals surface area contributed by atoms with Crippen LogP contribution in [0.4, 0.5) is 45.5 Å². The van der Waals surface area contributed by atoms with Crippen LogP contribution in [0.1, 0.15) is 23.6 Å². The summed E-state index contributed by atoms with van der Waals surface area (Å²) in [5, 5.41) is 24.5. The van der Waals surface area contributed by atoms with Crippen molar-refractivity contribution in [3.63, 3.8) is 0 Å². The molecule has 0 unspecified atom stereocenters. The predicted octanol–water partition coefficient (Wildman–Crippen LogP) is 5.86. The van der Waals surface area contributed by atoms with Crippen LogP contribution < -0.4 is 22.9 Å². The number of hydrogen-bond acceptors (Lipinski definition) is 9. The highest BCUT2D eigenvalue weighted by molar-refractivity contribution is 5.71. The fraction of sp³-hybridized carbons (Fsp3) is 0.174. The normalized spacial score (nSPS) is 10.9. The second kappa shape index (κ2) is 10.7. The molecule has 0 fully saturated rings. The van der Waals surface area contributed by atoms with Crippen LogP contribution in [0.2, 0.25) is 0 Å². The van der Waals surface area contributed by atoms with E-state index in [1.54, 1.807) is 30.3 Å². The van der Waals surface area contributed by atoms with Crippen LogP contribution in [-0.2, 0) is 4.79 Å². The van der Waals surface area contributed by atoms with Crippen LogP contribution in [0.25, 0.3) is 0 Å². The molecule has 0 amide bonds. The van der Waals surface area contributed by atoms with Gasteiger partial charge in [-0.25, -0.2) is 0 Å². The monoisotopic (exact) mass is 448 g/mol. The van der Waals surface area contributed by atoms with Gasteiger partial charge in [0.2, 0.25) is 0 Å². The maximum Gasteiger partial charge on any atom is 0.300 e. The van der Waals surface area contributed by atoms with Gasteiger partial charge in [0, 0.05) is 18.3 Å². The third-order valence-corrected chi connectivity index (χ3v) is 4.56. The summed E-state index contributed by atoms with van der Waals surface area (Å²) < 4.78 is 0. The van der Waals surface area contributed by atoms with Crippen LogP contribution in [0.3, 0.4) is 0 Å². The summed E-state index contributed by atoms with van der Waals surface area (Å²) in [5.74, 6) is -0.833. The largest absolute Gasteiger partial charge is 0.481 e. The summed E-state index contributed by atoms with van der Waals surface area (Å²) in [6, 6.07) is 12.5. The van der Waals surface area contributed by atoms with Crippen molar-refractivity contribution >= 4 is 51.5 Å². The zero-order valence-electron chi connectivity index (χ0n) is 19.0. The molecule has 0 radical (unpaired) electrons. The Hall–Kier alpha value is -4.47. The van der Waals surface area contributed by atoms with E-state index in [4.69, 9.17) is 32.8 Å². The molecule has 0 aliphatic rings. The number of carboxylic acids is 1. The molecule has 0 aliphatic heterocycles. The fourth-order valence-corrected chi connectivity index (χ4v) is 2.61. The van der Waals surface area contributed by atoms with Crippen LogP contribution in [0.5, 0.6) is 0 Å². The van der Waals surface area contributed by atoms with Crippen molar-refractivity contribution in [2.24, 2.45) is 20.5 Å². The highest BCUT2D eigenvalue weighted by atomic mass is 16.4. The lowest BCUT2D eigenvalue weighted by Gasteiger charge is -2.05. The van der Waals surface area contributed by atoms with Gasteiger partial charge in [-0.15, -0.1) is 10.2 Å². The first-order valence-corrected chi connectivity index (χ1v) is 9.92. The number of carbonyl (C=O) groups is 1. The molecule has 0 bridgehead atoms. The molecule has 3 rings (SSSR count). The first-order chi connectivity index (χ1) is 15.5. The molecule has 172 valence electrons. The number of nitrogens with zero attached hydrogens (tertiary/aromatic N) is 4. The van der Waals surface area contributed by atoms with Crippen molar-refractivity contribution in [1.82, 2.24) is 0 Å². The summed E-state index contributed by atoms with van der Waals surface area (Å²) in [4.78, 5) is 9.00. The third-order valence-electron chi connectivity index (χ3n) is 4.56. The second-order valence-electron chi connectivity index (χ2n) is 7.43. The Morgan fingerprint density at radius 1 is 0.636 bits per heavy atom. The Morgan fingerprint density at radius 2 is 1.06 bits per heavy atom. The van der Waals surface area contributed by atoms with E-state index in [9.17, 15) is 0 Å². The number of nitrogens with two attached hydrogens (primary N) is 4. The Labute approximate surface area is 192 Å². The molecule has 10 nitrogen and oxygen atoms in total. The zero-order chi connectivity index (χ0) is 24.7. The summed E-state index contributed by atoms with van der Waals surface area (Å²) in [7, 11) is 0. The van der Waals surface area contributed by atoms with Gasteiger partial charge in [0.1, 0.15) is 11.4 Å². The standard InChI is InChI=1S/C21H24N8.C2H4O2/c1-11-4-5-14(26-28-20-6-12(2)15(22)9-17(20)24)8-19(11)27-29-21-7-13(3)16(23)10-18(21)25;1-2(3)4/h4-10H,22-25H2,1-3H3;1H3,(H,3,4). The molecule has 0 saturated heterocycles. The minimum Gasteiger partial charge on any atom is -0.481 e. The van der Waals surface area contributed by atoms with Crippen LogP contribution in [-0.4, -0.2) is 11.1 Å². The fourth-order valence-electron chi connectivity index (χ4n) is 2.61. The smallest absolute Gasteiger partial charge is 0.300 e. The molecule has 0 atom stereocenters. The summed E-state index contributed by atoms with van der Waals surface area (Å²) >= 11 is 0. The van der Waals surface area contributed by atoms with Gasteiger partial charge in [-0.2, -0.15) is 10.2 Å². The Balaban J connectivity index is 0.000000890. The van der Waals surface area contributed by atoms with Gasteiger partial charge in [-0.05, 0) is 73.9 Å². The Morgan fingerprint density at radius 3 is 1.55 bits per heavy atom. The number of nitrogen functional groups attached to an aromatic ring is 4. The maximum atomic E-state index is 9.00. The van der Waals surface area contributed by atoms with E-state index in [0.29, 0.717) is 45.5 Å². The van der Waals surface area contributed by atoms with E-state index in [-0.39, 0.29) is 0 Å². The van der Waals surface area contributed by atoms with Crippen LogP contribution >= 0.6 is 0 Å². The molecule has 0 heterocycles. The number of rotatable bonds is 4. The van der Waals surface area contributed by atoms with Gasteiger partial charge in [0.25, 0.3) is 5.97 Å². The zero-order valence-corrected chi connectivity index (χ0v) is 19.0. The molecule has 0 saturated carbocycles.